The fourth-order valence-corrected chi connectivity index (χ4v) is 3.28. The quantitative estimate of drug-likeness (QED) is 0.283. The molecule has 3 aliphatic rings. The fourth-order valence-electron chi connectivity index (χ4n) is 3.28. The summed E-state index contributed by atoms with van der Waals surface area (Å²) < 4.78 is 8.55. The predicted octanol–water partition coefficient (Wildman–Crippen LogP) is 0.523. The van der Waals surface area contributed by atoms with Crippen molar-refractivity contribution in [2.75, 3.05) is 26.4 Å². The van der Waals surface area contributed by atoms with Crippen molar-refractivity contribution < 1.29 is 23.8 Å². The monoisotopic (exact) mass is 291 g/mol. The highest BCUT2D eigenvalue weighted by molar-refractivity contribution is 5.83. The molecule has 4 heterocycles. The van der Waals surface area contributed by atoms with Gasteiger partial charge in [-0.05, 0) is 0 Å². The van der Waals surface area contributed by atoms with Crippen LogP contribution in [0.3, 0.4) is 0 Å². The summed E-state index contributed by atoms with van der Waals surface area (Å²) >= 11 is 0. The van der Waals surface area contributed by atoms with E-state index in [0.29, 0.717) is 31.7 Å². The molecule has 0 saturated carbocycles. The number of carbonyl (C=O) groups excluding carboxylic acids is 1. The van der Waals surface area contributed by atoms with Gasteiger partial charge < -0.3 is 5.21 Å². The minimum absolute atomic E-state index is 0.320. The number of ketones is 1. The van der Waals surface area contributed by atoms with Crippen LogP contribution in [0, 0.1) is 5.92 Å². The van der Waals surface area contributed by atoms with Crippen LogP contribution in [0.5, 0.6) is 0 Å². The highest BCUT2D eigenvalue weighted by Gasteiger charge is 2.45. The Balaban J connectivity index is 1.52. The number of Topliss-reactive ketones (excluding diaryl/α,β-unsaturated/α-hetero) is 1. The van der Waals surface area contributed by atoms with E-state index in [1.165, 1.54) is 6.21 Å². The Labute approximate surface area is 123 Å². The minimum atomic E-state index is 0.320. The van der Waals surface area contributed by atoms with E-state index in [1.54, 1.807) is 0 Å². The second-order valence-electron chi connectivity index (χ2n) is 6.04. The molecular formula is C15H21N3O3+2. The van der Waals surface area contributed by atoms with Crippen molar-refractivity contribution in [3.63, 3.8) is 0 Å². The van der Waals surface area contributed by atoms with E-state index < -0.39 is 0 Å². The smallest absolute Gasteiger partial charge is 0.257 e. The average Bonchev–Trinajstić information content (AvgIpc) is 2.50. The molecule has 6 nitrogen and oxygen atoms in total. The third-order valence-electron chi connectivity index (χ3n) is 4.58. The molecule has 0 aliphatic carbocycles. The number of aromatic nitrogens is 1. The number of ether oxygens (including phenoxy) is 1. The lowest BCUT2D eigenvalue weighted by atomic mass is 9.85. The van der Waals surface area contributed by atoms with Crippen LogP contribution >= 0.6 is 0 Å². The zero-order valence-corrected chi connectivity index (χ0v) is 12.0. The first-order valence-corrected chi connectivity index (χ1v) is 7.33. The number of piperidine rings is 3. The molecule has 1 N–H and O–H groups in total. The fraction of sp³-hybridized carbons (Fsp3) is 0.533. The van der Waals surface area contributed by atoms with E-state index in [9.17, 15) is 4.79 Å². The molecule has 6 heteroatoms. The number of oxime groups is 1. The first-order chi connectivity index (χ1) is 10.2. The Morgan fingerprint density at radius 3 is 2.71 bits per heavy atom. The minimum Gasteiger partial charge on any atom is -0.411 e. The number of fused-ring (bicyclic) bond motifs is 3. The van der Waals surface area contributed by atoms with Crippen LogP contribution in [0.25, 0.3) is 0 Å². The number of nitrogens with zero attached hydrogens (tertiary/aromatic N) is 3. The van der Waals surface area contributed by atoms with Crippen LogP contribution in [0.4, 0.5) is 0 Å². The Kier molecular flexibility index (Phi) is 3.98. The van der Waals surface area contributed by atoms with E-state index in [2.05, 4.69) is 5.16 Å². The molecule has 112 valence electrons. The van der Waals surface area contributed by atoms with Crippen LogP contribution in [0.1, 0.15) is 18.4 Å². The number of carbonyl (C=O) groups is 1. The second kappa shape index (κ2) is 5.91. The summed E-state index contributed by atoms with van der Waals surface area (Å²) in [5.41, 5.74) is 0.833. The highest BCUT2D eigenvalue weighted by Crippen LogP contribution is 2.31. The number of pyridine rings is 1. The molecule has 3 aliphatic heterocycles. The van der Waals surface area contributed by atoms with E-state index in [-0.39, 0.29) is 0 Å². The highest BCUT2D eigenvalue weighted by atomic mass is 16.5. The standard InChI is InChI=1S/C15H20N3O3/c19-15-10-18(7-3-14(15)4-8-18)12-21-11-17-5-1-13(2-6-17)9-16-20/h1-2,5-6,9,14H,3-4,7-8,10-12H2/q+1/p+1. The Morgan fingerprint density at radius 2 is 2.10 bits per heavy atom. The van der Waals surface area contributed by atoms with Gasteiger partial charge in [0.25, 0.3) is 6.73 Å². The van der Waals surface area contributed by atoms with Gasteiger partial charge in [-0.25, -0.2) is 0 Å². The third-order valence-corrected chi connectivity index (χ3v) is 4.58. The van der Waals surface area contributed by atoms with Crippen LogP contribution in [0.15, 0.2) is 29.7 Å². The molecule has 1 aromatic rings. The van der Waals surface area contributed by atoms with Crippen molar-refractivity contribution in [3.8, 4) is 0 Å². The Hall–Kier alpha value is -1.79. The van der Waals surface area contributed by atoms with Gasteiger partial charge in [-0.15, -0.1) is 0 Å². The van der Waals surface area contributed by atoms with E-state index >= 15 is 0 Å². The summed E-state index contributed by atoms with van der Waals surface area (Å²) in [5.74, 6) is 0.733. The van der Waals surface area contributed by atoms with Gasteiger partial charge in [0.1, 0.15) is 6.54 Å². The molecular weight excluding hydrogens is 270 g/mol. The lowest BCUT2D eigenvalue weighted by Gasteiger charge is -2.47. The van der Waals surface area contributed by atoms with Crippen molar-refractivity contribution in [2.45, 2.75) is 19.6 Å². The molecule has 21 heavy (non-hydrogen) atoms. The SMILES string of the molecule is O=C1C[N+]2(COC[n+]3ccc(C=NO)cc3)CCC1CC2. The zero-order chi connectivity index (χ0) is 14.7. The Bertz CT molecular complexity index is 534. The van der Waals surface area contributed by atoms with Gasteiger partial charge >= 0.3 is 0 Å². The maximum atomic E-state index is 11.9. The zero-order valence-electron chi connectivity index (χ0n) is 12.0. The second-order valence-corrected chi connectivity index (χ2v) is 6.04. The van der Waals surface area contributed by atoms with E-state index in [4.69, 9.17) is 9.94 Å². The number of hydrogen-bond donors (Lipinski definition) is 1. The molecule has 3 fully saturated rings. The summed E-state index contributed by atoms with van der Waals surface area (Å²) in [7, 11) is 0. The van der Waals surface area contributed by atoms with Crippen molar-refractivity contribution in [2.24, 2.45) is 11.1 Å². The molecule has 1 aromatic heterocycles. The summed E-state index contributed by atoms with van der Waals surface area (Å²) in [6.07, 6.45) is 7.18. The molecule has 0 aromatic carbocycles. The van der Waals surface area contributed by atoms with Crippen molar-refractivity contribution in [1.29, 1.82) is 0 Å². The summed E-state index contributed by atoms with van der Waals surface area (Å²) in [6.45, 7) is 3.83. The van der Waals surface area contributed by atoms with Crippen LogP contribution in [-0.2, 0) is 16.3 Å². The van der Waals surface area contributed by atoms with Gasteiger partial charge in [-0.3, -0.25) is 14.0 Å². The van der Waals surface area contributed by atoms with Gasteiger partial charge in [-0.1, -0.05) is 5.16 Å². The normalized spacial score (nSPS) is 28.4. The molecule has 0 unspecified atom stereocenters. The molecule has 0 amide bonds. The predicted molar refractivity (Wildman–Crippen MR) is 74.6 cm³/mol. The molecule has 0 radical (unpaired) electrons. The molecule has 4 rings (SSSR count). The Morgan fingerprint density at radius 1 is 1.38 bits per heavy atom. The largest absolute Gasteiger partial charge is 0.411 e. The maximum Gasteiger partial charge on any atom is 0.257 e. The number of rotatable bonds is 5. The molecule has 0 spiro atoms. The van der Waals surface area contributed by atoms with Gasteiger partial charge in [-0.2, -0.15) is 4.57 Å². The van der Waals surface area contributed by atoms with E-state index in [0.717, 1.165) is 36.0 Å². The lowest BCUT2D eigenvalue weighted by Crippen LogP contribution is -2.63. The first kappa shape index (κ1) is 14.2. The van der Waals surface area contributed by atoms with Crippen molar-refractivity contribution >= 4 is 12.0 Å². The third kappa shape index (κ3) is 3.11. The average molecular weight is 291 g/mol. The molecule has 3 saturated heterocycles. The van der Waals surface area contributed by atoms with Crippen LogP contribution in [-0.4, -0.2) is 48.1 Å². The summed E-state index contributed by atoms with van der Waals surface area (Å²) in [6, 6.07) is 3.71. The van der Waals surface area contributed by atoms with Gasteiger partial charge in [0.05, 0.1) is 19.3 Å². The topological polar surface area (TPSA) is 62.8 Å². The van der Waals surface area contributed by atoms with Crippen LogP contribution in [0.2, 0.25) is 0 Å². The maximum absolute atomic E-state index is 11.9. The van der Waals surface area contributed by atoms with Crippen LogP contribution < -0.4 is 4.57 Å². The first-order valence-electron chi connectivity index (χ1n) is 7.33. The van der Waals surface area contributed by atoms with E-state index in [1.807, 2.05) is 29.1 Å². The van der Waals surface area contributed by atoms with Gasteiger partial charge in [0.2, 0.25) is 0 Å². The number of hydrogen-bond acceptors (Lipinski definition) is 4. The number of quaternary nitrogens is 1. The lowest BCUT2D eigenvalue weighted by molar-refractivity contribution is -0.955. The molecule has 0 atom stereocenters. The van der Waals surface area contributed by atoms with Crippen molar-refractivity contribution in [3.05, 3.63) is 30.1 Å². The summed E-state index contributed by atoms with van der Waals surface area (Å²) in [5, 5.41) is 11.5. The molecule has 2 bridgehead atoms. The summed E-state index contributed by atoms with van der Waals surface area (Å²) in [4.78, 5) is 11.9. The van der Waals surface area contributed by atoms with Gasteiger partial charge in [0.15, 0.2) is 24.9 Å². The van der Waals surface area contributed by atoms with Crippen molar-refractivity contribution in [1.82, 2.24) is 0 Å². The van der Waals surface area contributed by atoms with Gasteiger partial charge in [0, 0.05) is 36.5 Å².